The Morgan fingerprint density at radius 3 is 2.67 bits per heavy atom. The Morgan fingerprint density at radius 1 is 1.75 bits per heavy atom. The van der Waals surface area contributed by atoms with Gasteiger partial charge in [0.25, 0.3) is 0 Å². The summed E-state index contributed by atoms with van der Waals surface area (Å²) < 4.78 is 0. The molecular weight excluding hydrogens is 180 g/mol. The van der Waals surface area contributed by atoms with Crippen LogP contribution in [0, 0.1) is 11.8 Å². The van der Waals surface area contributed by atoms with E-state index in [9.17, 15) is 9.59 Å². The molecule has 0 radical (unpaired) electrons. The predicted octanol–water partition coefficient (Wildman–Crippen LogP) is -0.334. The molecule has 1 rings (SSSR count). The van der Waals surface area contributed by atoms with Crippen molar-refractivity contribution in [3.05, 3.63) is 0 Å². The molecule has 2 atom stereocenters. The topological polar surface area (TPSA) is 72.2 Å². The van der Waals surface area contributed by atoms with Crippen LogP contribution in [0.25, 0.3) is 0 Å². The molecule has 1 saturated heterocycles. The largest absolute Gasteiger partial charge is 0.369 e. The molecule has 4 nitrogen and oxygen atoms in total. The van der Waals surface area contributed by atoms with Crippen molar-refractivity contribution < 1.29 is 9.59 Å². The number of rotatable bonds is 2. The number of halogens is 1. The number of hydrogen-bond donors (Lipinski definition) is 2. The first kappa shape index (κ1) is 11.2. The molecule has 0 spiro atoms. The van der Waals surface area contributed by atoms with Crippen LogP contribution in [0.4, 0.5) is 0 Å². The van der Waals surface area contributed by atoms with Gasteiger partial charge in [0.15, 0.2) is 0 Å². The third-order valence-electron chi connectivity index (χ3n) is 2.14. The van der Waals surface area contributed by atoms with Gasteiger partial charge in [0.1, 0.15) is 0 Å². The molecule has 0 aromatic carbocycles. The van der Waals surface area contributed by atoms with Gasteiger partial charge in [0.2, 0.25) is 11.8 Å². The van der Waals surface area contributed by atoms with E-state index in [1.807, 2.05) is 0 Å². The maximum Gasteiger partial charge on any atom is 0.223 e. The van der Waals surface area contributed by atoms with Crippen LogP contribution in [-0.2, 0) is 9.59 Å². The average Bonchev–Trinajstić information content (AvgIpc) is 2.33. The molecule has 70 valence electrons. The van der Waals surface area contributed by atoms with E-state index in [2.05, 4.69) is 5.32 Å². The minimum absolute atomic E-state index is 0. The highest BCUT2D eigenvalue weighted by molar-refractivity contribution is 5.87. The van der Waals surface area contributed by atoms with Gasteiger partial charge in [-0.1, -0.05) is 6.92 Å². The number of primary amides is 1. The van der Waals surface area contributed by atoms with Crippen molar-refractivity contribution in [1.29, 1.82) is 0 Å². The summed E-state index contributed by atoms with van der Waals surface area (Å²) in [6.07, 6.45) is 0.725. The zero-order valence-electron chi connectivity index (χ0n) is 6.87. The lowest BCUT2D eigenvalue weighted by atomic mass is 9.92. The number of nitrogens with one attached hydrogen (secondary N) is 1. The minimum atomic E-state index is -0.396. The predicted molar refractivity (Wildman–Crippen MR) is 46.7 cm³/mol. The molecule has 5 heteroatoms. The Hall–Kier alpha value is -0.770. The summed E-state index contributed by atoms with van der Waals surface area (Å²) in [5.41, 5.74) is 5.06. The molecule has 0 aromatic heterocycles. The van der Waals surface area contributed by atoms with Crippen LogP contribution in [-0.4, -0.2) is 18.4 Å². The van der Waals surface area contributed by atoms with E-state index in [1.54, 1.807) is 6.92 Å². The zero-order chi connectivity index (χ0) is 8.43. The molecule has 0 saturated carbocycles. The lowest BCUT2D eigenvalue weighted by Gasteiger charge is -2.11. The summed E-state index contributed by atoms with van der Waals surface area (Å²) in [5, 5.41) is 2.66. The molecule has 0 bridgehead atoms. The molecule has 12 heavy (non-hydrogen) atoms. The first-order chi connectivity index (χ1) is 5.13. The van der Waals surface area contributed by atoms with Crippen molar-refractivity contribution in [2.24, 2.45) is 17.6 Å². The van der Waals surface area contributed by atoms with Gasteiger partial charge in [0, 0.05) is 12.5 Å². The first-order valence-electron chi connectivity index (χ1n) is 3.70. The Balaban J connectivity index is 0.00000121. The smallest absolute Gasteiger partial charge is 0.223 e. The highest BCUT2D eigenvalue weighted by Crippen LogP contribution is 2.18. The van der Waals surface area contributed by atoms with Crippen LogP contribution in [0.5, 0.6) is 0 Å². The zero-order valence-corrected chi connectivity index (χ0v) is 7.69. The van der Waals surface area contributed by atoms with Gasteiger partial charge in [-0.3, -0.25) is 9.59 Å². The SMILES string of the molecule is CC(C(N)=O)[C@@H]1CCNC1=O.Cl. The van der Waals surface area contributed by atoms with Crippen LogP contribution in [0.2, 0.25) is 0 Å². The fourth-order valence-electron chi connectivity index (χ4n) is 1.29. The monoisotopic (exact) mass is 192 g/mol. The third-order valence-corrected chi connectivity index (χ3v) is 2.14. The van der Waals surface area contributed by atoms with Crippen LogP contribution < -0.4 is 11.1 Å². The molecule has 0 aromatic rings. The van der Waals surface area contributed by atoms with Crippen LogP contribution in [0.3, 0.4) is 0 Å². The van der Waals surface area contributed by atoms with Crippen molar-refractivity contribution in [2.45, 2.75) is 13.3 Å². The minimum Gasteiger partial charge on any atom is -0.369 e. The maximum absolute atomic E-state index is 11.0. The fourth-order valence-corrected chi connectivity index (χ4v) is 1.29. The van der Waals surface area contributed by atoms with E-state index in [-0.39, 0.29) is 30.2 Å². The lowest BCUT2D eigenvalue weighted by Crippen LogP contribution is -2.32. The van der Waals surface area contributed by atoms with Gasteiger partial charge in [-0.25, -0.2) is 0 Å². The van der Waals surface area contributed by atoms with Gasteiger partial charge < -0.3 is 11.1 Å². The second-order valence-electron chi connectivity index (χ2n) is 2.88. The number of hydrogen-bond acceptors (Lipinski definition) is 2. The quantitative estimate of drug-likeness (QED) is 0.629. The Labute approximate surface area is 77.3 Å². The van der Waals surface area contributed by atoms with Crippen molar-refractivity contribution in [3.8, 4) is 0 Å². The van der Waals surface area contributed by atoms with Gasteiger partial charge in [0.05, 0.1) is 5.92 Å². The lowest BCUT2D eigenvalue weighted by molar-refractivity contribution is -0.130. The van der Waals surface area contributed by atoms with Crippen molar-refractivity contribution in [3.63, 3.8) is 0 Å². The number of amides is 2. The Kier molecular flexibility index (Phi) is 4.03. The van der Waals surface area contributed by atoms with E-state index in [0.29, 0.717) is 6.54 Å². The Morgan fingerprint density at radius 2 is 2.33 bits per heavy atom. The van der Waals surface area contributed by atoms with E-state index in [4.69, 9.17) is 5.73 Å². The fraction of sp³-hybridized carbons (Fsp3) is 0.714. The number of carbonyl (C=O) groups excluding carboxylic acids is 2. The van der Waals surface area contributed by atoms with Crippen molar-refractivity contribution in [2.75, 3.05) is 6.54 Å². The second-order valence-corrected chi connectivity index (χ2v) is 2.88. The summed E-state index contributed by atoms with van der Waals surface area (Å²) in [7, 11) is 0. The third kappa shape index (κ3) is 2.11. The number of carbonyl (C=O) groups is 2. The van der Waals surface area contributed by atoms with Crippen molar-refractivity contribution >= 4 is 24.2 Å². The highest BCUT2D eigenvalue weighted by atomic mass is 35.5. The maximum atomic E-state index is 11.0. The molecule has 1 aliphatic rings. The Bertz CT molecular complexity index is 196. The molecule has 1 unspecified atom stereocenters. The van der Waals surface area contributed by atoms with Crippen LogP contribution >= 0.6 is 12.4 Å². The summed E-state index contributed by atoms with van der Waals surface area (Å²) in [5.74, 6) is -0.978. The molecular formula is C7H13ClN2O2. The van der Waals surface area contributed by atoms with E-state index in [1.165, 1.54) is 0 Å². The van der Waals surface area contributed by atoms with Gasteiger partial charge in [-0.05, 0) is 6.42 Å². The van der Waals surface area contributed by atoms with E-state index in [0.717, 1.165) is 6.42 Å². The summed E-state index contributed by atoms with van der Waals surface area (Å²) in [6.45, 7) is 2.36. The summed E-state index contributed by atoms with van der Waals surface area (Å²) >= 11 is 0. The van der Waals surface area contributed by atoms with E-state index >= 15 is 0 Å². The second kappa shape index (κ2) is 4.30. The normalized spacial score (nSPS) is 24.1. The average molecular weight is 193 g/mol. The van der Waals surface area contributed by atoms with E-state index < -0.39 is 5.91 Å². The summed E-state index contributed by atoms with van der Waals surface area (Å²) in [6, 6.07) is 0. The van der Waals surface area contributed by atoms with Gasteiger partial charge in [-0.15, -0.1) is 12.4 Å². The number of nitrogens with two attached hydrogens (primary N) is 1. The standard InChI is InChI=1S/C7H12N2O2.ClH/c1-4(6(8)10)5-2-3-9-7(5)11;/h4-5H,2-3H2,1H3,(H2,8,10)(H,9,11);1H/t4?,5-;/m0./s1. The molecule has 1 aliphatic heterocycles. The summed E-state index contributed by atoms with van der Waals surface area (Å²) in [4.78, 5) is 21.7. The molecule has 1 fully saturated rings. The van der Waals surface area contributed by atoms with Crippen LogP contribution in [0.1, 0.15) is 13.3 Å². The van der Waals surface area contributed by atoms with Gasteiger partial charge in [-0.2, -0.15) is 0 Å². The highest BCUT2D eigenvalue weighted by Gasteiger charge is 2.32. The molecule has 2 amide bonds. The van der Waals surface area contributed by atoms with Crippen LogP contribution in [0.15, 0.2) is 0 Å². The first-order valence-corrected chi connectivity index (χ1v) is 3.70. The van der Waals surface area contributed by atoms with Crippen molar-refractivity contribution in [1.82, 2.24) is 5.32 Å². The van der Waals surface area contributed by atoms with Gasteiger partial charge >= 0.3 is 0 Å². The molecule has 3 N–H and O–H groups in total. The molecule has 0 aliphatic carbocycles. The molecule has 1 heterocycles.